The fourth-order valence-corrected chi connectivity index (χ4v) is 5.01. The lowest BCUT2D eigenvalue weighted by atomic mass is 9.93. The van der Waals surface area contributed by atoms with Crippen LogP contribution in [0.15, 0.2) is 42.5 Å². The fraction of sp³-hybridized carbons (Fsp3) is 0.320. The van der Waals surface area contributed by atoms with Crippen LogP contribution in [0.5, 0.6) is 11.5 Å². The van der Waals surface area contributed by atoms with E-state index in [4.69, 9.17) is 21.1 Å². The van der Waals surface area contributed by atoms with Crippen LogP contribution in [0.2, 0.25) is 5.02 Å². The highest BCUT2D eigenvalue weighted by Gasteiger charge is 2.28. The van der Waals surface area contributed by atoms with Crippen LogP contribution in [-0.2, 0) is 11.3 Å². The van der Waals surface area contributed by atoms with Crippen LogP contribution in [0, 0.1) is 5.92 Å². The molecule has 1 fully saturated rings. The number of rotatable bonds is 7. The van der Waals surface area contributed by atoms with E-state index in [9.17, 15) is 14.4 Å². The molecule has 5 rings (SSSR count). The van der Waals surface area contributed by atoms with Gasteiger partial charge in [-0.15, -0.1) is 10.2 Å². The maximum atomic E-state index is 12.9. The molecule has 2 N–H and O–H groups in total. The predicted molar refractivity (Wildman–Crippen MR) is 137 cm³/mol. The lowest BCUT2D eigenvalue weighted by Gasteiger charge is -2.31. The predicted octanol–water partition coefficient (Wildman–Crippen LogP) is 3.73. The summed E-state index contributed by atoms with van der Waals surface area (Å²) in [6, 6.07) is 12.4. The highest BCUT2D eigenvalue weighted by atomic mass is 35.5. The number of aromatic nitrogens is 2. The minimum Gasteiger partial charge on any atom is -0.454 e. The van der Waals surface area contributed by atoms with Crippen molar-refractivity contribution in [2.24, 2.45) is 5.92 Å². The van der Waals surface area contributed by atoms with Gasteiger partial charge in [0.25, 0.3) is 11.8 Å². The molecule has 0 bridgehead atoms. The lowest BCUT2D eigenvalue weighted by Crippen LogP contribution is -2.39. The van der Waals surface area contributed by atoms with Gasteiger partial charge >= 0.3 is 0 Å². The van der Waals surface area contributed by atoms with Gasteiger partial charge in [0, 0.05) is 42.8 Å². The average Bonchev–Trinajstić information content (AvgIpc) is 3.58. The van der Waals surface area contributed by atoms with Crippen LogP contribution >= 0.6 is 22.9 Å². The third-order valence-corrected chi connectivity index (χ3v) is 7.37. The number of benzene rings is 2. The van der Waals surface area contributed by atoms with Crippen LogP contribution in [0.1, 0.15) is 44.4 Å². The SMILES string of the molecule is O=C(CC1CCN(C(=O)c2nnc(C(=O)Nc3ccc4c(c3)OCO4)s2)CC1)NCc1ccc(Cl)cc1. The fourth-order valence-electron chi connectivity index (χ4n) is 4.17. The largest absolute Gasteiger partial charge is 0.454 e. The van der Waals surface area contributed by atoms with Gasteiger partial charge in [-0.25, -0.2) is 0 Å². The van der Waals surface area contributed by atoms with Crippen molar-refractivity contribution >= 4 is 46.3 Å². The van der Waals surface area contributed by atoms with Crippen molar-refractivity contribution in [1.82, 2.24) is 20.4 Å². The van der Waals surface area contributed by atoms with E-state index in [2.05, 4.69) is 20.8 Å². The van der Waals surface area contributed by atoms with Crippen LogP contribution in [0.25, 0.3) is 0 Å². The minimum absolute atomic E-state index is 0.0121. The molecular weight excluding hydrogens is 518 g/mol. The number of hydrogen-bond donors (Lipinski definition) is 2. The van der Waals surface area contributed by atoms with Crippen molar-refractivity contribution in [1.29, 1.82) is 0 Å². The minimum atomic E-state index is -0.460. The molecule has 3 amide bonds. The third kappa shape index (κ3) is 6.17. The summed E-state index contributed by atoms with van der Waals surface area (Å²) < 4.78 is 10.6. The number of hydrogen-bond acceptors (Lipinski definition) is 8. The molecule has 10 nitrogen and oxygen atoms in total. The first-order valence-electron chi connectivity index (χ1n) is 11.8. The molecule has 0 aliphatic carbocycles. The summed E-state index contributed by atoms with van der Waals surface area (Å²) >= 11 is 6.84. The molecular formula is C25H24ClN5O5S. The quantitative estimate of drug-likeness (QED) is 0.467. The number of carbonyl (C=O) groups excluding carboxylic acids is 3. The Morgan fingerprint density at radius 2 is 1.73 bits per heavy atom. The molecule has 1 saturated heterocycles. The number of carbonyl (C=O) groups is 3. The number of fused-ring (bicyclic) bond motifs is 1. The molecule has 3 heterocycles. The Morgan fingerprint density at radius 1 is 1.00 bits per heavy atom. The van der Waals surface area contributed by atoms with E-state index in [0.717, 1.165) is 29.7 Å². The second-order valence-electron chi connectivity index (χ2n) is 8.78. The standard InChI is InChI=1S/C25H24ClN5O5S/c26-17-3-1-16(2-4-17)13-27-21(32)11-15-7-9-31(10-8-15)25(34)24-30-29-23(37-24)22(33)28-18-5-6-19-20(12-18)36-14-35-19/h1-6,12,15H,7-11,13-14H2,(H,27,32)(H,28,33). The number of anilines is 1. The number of ether oxygens (including phenoxy) is 2. The molecule has 2 aliphatic rings. The number of halogens is 1. The van der Waals surface area contributed by atoms with Crippen molar-refractivity contribution in [2.45, 2.75) is 25.8 Å². The average molecular weight is 542 g/mol. The molecule has 2 aliphatic heterocycles. The number of amides is 3. The van der Waals surface area contributed by atoms with Gasteiger partial charge in [0.05, 0.1) is 0 Å². The molecule has 2 aromatic carbocycles. The molecule has 192 valence electrons. The van der Waals surface area contributed by atoms with Gasteiger partial charge in [0.2, 0.25) is 22.7 Å². The first-order chi connectivity index (χ1) is 17.9. The molecule has 1 aromatic heterocycles. The summed E-state index contributed by atoms with van der Waals surface area (Å²) in [5, 5.41) is 14.4. The molecule has 0 saturated carbocycles. The zero-order chi connectivity index (χ0) is 25.8. The molecule has 0 unspecified atom stereocenters. The van der Waals surface area contributed by atoms with Crippen molar-refractivity contribution in [3.8, 4) is 11.5 Å². The Hall–Kier alpha value is -3.70. The lowest BCUT2D eigenvalue weighted by molar-refractivity contribution is -0.122. The van der Waals surface area contributed by atoms with E-state index in [1.807, 2.05) is 12.1 Å². The molecule has 12 heteroatoms. The van der Waals surface area contributed by atoms with E-state index in [0.29, 0.717) is 48.3 Å². The highest BCUT2D eigenvalue weighted by molar-refractivity contribution is 7.15. The van der Waals surface area contributed by atoms with E-state index in [1.54, 1.807) is 35.2 Å². The van der Waals surface area contributed by atoms with Gasteiger partial charge < -0.3 is 25.0 Å². The van der Waals surface area contributed by atoms with Gasteiger partial charge in [-0.1, -0.05) is 35.1 Å². The maximum Gasteiger partial charge on any atom is 0.286 e. The van der Waals surface area contributed by atoms with Gasteiger partial charge in [-0.05, 0) is 48.6 Å². The molecule has 3 aromatic rings. The van der Waals surface area contributed by atoms with E-state index >= 15 is 0 Å². The zero-order valence-corrected chi connectivity index (χ0v) is 21.3. The summed E-state index contributed by atoms with van der Waals surface area (Å²) in [5.41, 5.74) is 1.51. The van der Waals surface area contributed by atoms with E-state index in [1.165, 1.54) is 0 Å². The summed E-state index contributed by atoms with van der Waals surface area (Å²) in [5.74, 6) is 0.634. The summed E-state index contributed by atoms with van der Waals surface area (Å²) in [6.45, 7) is 1.64. The van der Waals surface area contributed by atoms with Crippen molar-refractivity contribution in [2.75, 3.05) is 25.2 Å². The third-order valence-electron chi connectivity index (χ3n) is 6.21. The Morgan fingerprint density at radius 3 is 2.51 bits per heavy atom. The number of nitrogens with one attached hydrogen (secondary N) is 2. The topological polar surface area (TPSA) is 123 Å². The van der Waals surface area contributed by atoms with Gasteiger partial charge in [-0.2, -0.15) is 0 Å². The Kier molecular flexibility index (Phi) is 7.52. The number of nitrogens with zero attached hydrogens (tertiary/aromatic N) is 3. The van der Waals surface area contributed by atoms with Crippen molar-refractivity contribution in [3.05, 3.63) is 63.1 Å². The van der Waals surface area contributed by atoms with Crippen LogP contribution < -0.4 is 20.1 Å². The van der Waals surface area contributed by atoms with Crippen molar-refractivity contribution in [3.63, 3.8) is 0 Å². The van der Waals surface area contributed by atoms with E-state index in [-0.39, 0.29) is 34.5 Å². The van der Waals surface area contributed by atoms with Crippen molar-refractivity contribution < 1.29 is 23.9 Å². The molecule has 0 radical (unpaired) electrons. The molecule has 0 atom stereocenters. The smallest absolute Gasteiger partial charge is 0.286 e. The maximum absolute atomic E-state index is 12.9. The second-order valence-corrected chi connectivity index (χ2v) is 10.2. The summed E-state index contributed by atoms with van der Waals surface area (Å²) in [7, 11) is 0. The summed E-state index contributed by atoms with van der Waals surface area (Å²) in [4.78, 5) is 39.6. The normalized spacial score (nSPS) is 14.9. The monoisotopic (exact) mass is 541 g/mol. The zero-order valence-electron chi connectivity index (χ0n) is 19.7. The molecule has 0 spiro atoms. The Bertz CT molecular complexity index is 1310. The van der Waals surface area contributed by atoms with Gasteiger partial charge in [-0.3, -0.25) is 14.4 Å². The molecule has 37 heavy (non-hydrogen) atoms. The van der Waals surface area contributed by atoms with Gasteiger partial charge in [0.1, 0.15) is 0 Å². The summed E-state index contributed by atoms with van der Waals surface area (Å²) in [6.07, 6.45) is 1.85. The van der Waals surface area contributed by atoms with E-state index < -0.39 is 5.91 Å². The second kappa shape index (κ2) is 11.1. The highest BCUT2D eigenvalue weighted by Crippen LogP contribution is 2.34. The first-order valence-corrected chi connectivity index (χ1v) is 13.0. The number of piperidine rings is 1. The Labute approximate surface area is 221 Å². The first kappa shape index (κ1) is 25.0. The Balaban J connectivity index is 1.08. The van der Waals surface area contributed by atoms with Crippen LogP contribution in [-0.4, -0.2) is 52.7 Å². The van der Waals surface area contributed by atoms with Crippen LogP contribution in [0.4, 0.5) is 5.69 Å². The number of likely N-dealkylation sites (tertiary alicyclic amines) is 1. The van der Waals surface area contributed by atoms with Gasteiger partial charge in [0.15, 0.2) is 11.5 Å². The van der Waals surface area contributed by atoms with Crippen LogP contribution in [0.3, 0.4) is 0 Å².